The molecule has 0 heterocycles. The summed E-state index contributed by atoms with van der Waals surface area (Å²) in [6, 6.07) is 22.6. The van der Waals surface area contributed by atoms with E-state index in [1.165, 1.54) is 11.4 Å². The maximum atomic E-state index is 13.8. The Hall–Kier alpha value is -3.56. The van der Waals surface area contributed by atoms with Crippen molar-refractivity contribution >= 4 is 39.1 Å². The van der Waals surface area contributed by atoms with Crippen LogP contribution in [0.25, 0.3) is 0 Å². The van der Waals surface area contributed by atoms with Gasteiger partial charge in [0.25, 0.3) is 0 Å². The van der Waals surface area contributed by atoms with Gasteiger partial charge in [-0.05, 0) is 67.8 Å². The van der Waals surface area contributed by atoms with Crippen LogP contribution in [0.5, 0.6) is 5.75 Å². The number of rotatable bonds is 14. The van der Waals surface area contributed by atoms with E-state index in [9.17, 15) is 18.0 Å². The van der Waals surface area contributed by atoms with E-state index in [1.807, 2.05) is 56.3 Å². The molecule has 220 valence electrons. The highest BCUT2D eigenvalue weighted by Gasteiger charge is 2.31. The number of hydrogen-bond donors (Lipinski definition) is 1. The van der Waals surface area contributed by atoms with Crippen molar-refractivity contribution in [2.75, 3.05) is 24.2 Å². The fourth-order valence-corrected chi connectivity index (χ4v) is 5.56. The van der Waals surface area contributed by atoms with Crippen LogP contribution >= 0.6 is 11.6 Å². The van der Waals surface area contributed by atoms with Crippen LogP contribution in [-0.2, 0) is 32.6 Å². The Balaban J connectivity index is 1.86. The van der Waals surface area contributed by atoms with Gasteiger partial charge >= 0.3 is 0 Å². The maximum Gasteiger partial charge on any atom is 0.243 e. The summed E-state index contributed by atoms with van der Waals surface area (Å²) >= 11 is 6.09. The summed E-state index contributed by atoms with van der Waals surface area (Å²) in [5.74, 6) is 0.115. The number of benzene rings is 3. The van der Waals surface area contributed by atoms with Gasteiger partial charge in [-0.15, -0.1) is 0 Å². The lowest BCUT2D eigenvalue weighted by molar-refractivity contribution is -0.141. The highest BCUT2D eigenvalue weighted by atomic mass is 35.5. The molecule has 0 fully saturated rings. The molecule has 1 N–H and O–H groups in total. The maximum absolute atomic E-state index is 13.8. The third kappa shape index (κ3) is 9.79. The van der Waals surface area contributed by atoms with Gasteiger partial charge < -0.3 is 15.0 Å². The first-order chi connectivity index (χ1) is 19.5. The Labute approximate surface area is 248 Å². The van der Waals surface area contributed by atoms with Gasteiger partial charge in [0, 0.05) is 37.0 Å². The van der Waals surface area contributed by atoms with Crippen LogP contribution in [0, 0.1) is 0 Å². The molecular formula is C31H38ClN3O5S. The first kappa shape index (κ1) is 32.0. The molecule has 0 aromatic heterocycles. The Morgan fingerprint density at radius 3 is 2.12 bits per heavy atom. The van der Waals surface area contributed by atoms with Crippen LogP contribution in [0.3, 0.4) is 0 Å². The summed E-state index contributed by atoms with van der Waals surface area (Å²) in [5, 5.41) is 3.54. The SMILES string of the molecule is COc1ccc(N(CCCC(=O)N(Cc2ccc(Cl)cc2)[C@H](Cc2ccccc2)C(=O)NC(C)C)S(C)(=O)=O)cc1. The second kappa shape index (κ2) is 14.9. The van der Waals surface area contributed by atoms with Crippen molar-refractivity contribution in [3.8, 4) is 5.75 Å². The van der Waals surface area contributed by atoms with Gasteiger partial charge in [-0.2, -0.15) is 0 Å². The fourth-order valence-electron chi connectivity index (χ4n) is 4.47. The molecular weight excluding hydrogens is 562 g/mol. The lowest BCUT2D eigenvalue weighted by Gasteiger charge is -2.32. The molecule has 3 aromatic carbocycles. The smallest absolute Gasteiger partial charge is 0.243 e. The van der Waals surface area contributed by atoms with E-state index in [0.29, 0.717) is 22.9 Å². The number of nitrogens with one attached hydrogen (secondary N) is 1. The van der Waals surface area contributed by atoms with E-state index in [-0.39, 0.29) is 43.8 Å². The van der Waals surface area contributed by atoms with E-state index < -0.39 is 16.1 Å². The van der Waals surface area contributed by atoms with Crippen molar-refractivity contribution < 1.29 is 22.7 Å². The first-order valence-electron chi connectivity index (χ1n) is 13.5. The first-order valence-corrected chi connectivity index (χ1v) is 15.7. The predicted octanol–water partition coefficient (Wildman–Crippen LogP) is 5.06. The summed E-state index contributed by atoms with van der Waals surface area (Å²) in [5.41, 5.74) is 2.24. The Kier molecular flexibility index (Phi) is 11.6. The molecule has 8 nitrogen and oxygen atoms in total. The van der Waals surface area contributed by atoms with E-state index >= 15 is 0 Å². The molecule has 41 heavy (non-hydrogen) atoms. The molecule has 0 aliphatic heterocycles. The molecule has 0 saturated carbocycles. The zero-order chi connectivity index (χ0) is 30.0. The molecule has 0 spiro atoms. The van der Waals surface area contributed by atoms with Gasteiger partial charge in [0.1, 0.15) is 11.8 Å². The Morgan fingerprint density at radius 2 is 1.56 bits per heavy atom. The second-order valence-electron chi connectivity index (χ2n) is 10.2. The minimum Gasteiger partial charge on any atom is -0.497 e. The lowest BCUT2D eigenvalue weighted by Crippen LogP contribution is -2.51. The third-order valence-corrected chi connectivity index (χ3v) is 7.93. The quantitative estimate of drug-likeness (QED) is 0.279. The standard InChI is InChI=1S/C31H38ClN3O5S/c1-23(2)33-31(37)29(21-24-9-6-5-7-10-24)34(22-25-12-14-26(32)15-13-25)30(36)11-8-20-35(41(4,38)39)27-16-18-28(40-3)19-17-27/h5-7,9-10,12-19,23,29H,8,11,20-22H2,1-4H3,(H,33,37)/t29-/m1/s1. The van der Waals surface area contributed by atoms with Crippen molar-refractivity contribution in [2.45, 2.75) is 51.7 Å². The van der Waals surface area contributed by atoms with Gasteiger partial charge in [-0.3, -0.25) is 13.9 Å². The minimum absolute atomic E-state index is 0.0516. The van der Waals surface area contributed by atoms with Gasteiger partial charge in [-0.25, -0.2) is 8.42 Å². The molecule has 0 aliphatic rings. The molecule has 3 aromatic rings. The number of methoxy groups -OCH3 is 1. The third-order valence-electron chi connectivity index (χ3n) is 6.48. The summed E-state index contributed by atoms with van der Waals surface area (Å²) < 4.78 is 31.7. The molecule has 0 bridgehead atoms. The fraction of sp³-hybridized carbons (Fsp3) is 0.355. The zero-order valence-electron chi connectivity index (χ0n) is 23.9. The highest BCUT2D eigenvalue weighted by molar-refractivity contribution is 7.92. The number of halogens is 1. The van der Waals surface area contributed by atoms with Crippen LogP contribution in [-0.4, -0.2) is 57.1 Å². The Bertz CT molecular complexity index is 1380. The largest absolute Gasteiger partial charge is 0.497 e. The zero-order valence-corrected chi connectivity index (χ0v) is 25.5. The number of carbonyl (C=O) groups is 2. The predicted molar refractivity (Wildman–Crippen MR) is 164 cm³/mol. The molecule has 10 heteroatoms. The summed E-state index contributed by atoms with van der Waals surface area (Å²) in [7, 11) is -2.06. The van der Waals surface area contributed by atoms with Crippen LogP contribution in [0.1, 0.15) is 37.8 Å². The summed E-state index contributed by atoms with van der Waals surface area (Å²) in [6.07, 6.45) is 1.78. The molecule has 0 radical (unpaired) electrons. The number of hydrogen-bond acceptors (Lipinski definition) is 5. The van der Waals surface area contributed by atoms with E-state index in [1.54, 1.807) is 41.3 Å². The van der Waals surface area contributed by atoms with E-state index in [0.717, 1.165) is 17.4 Å². The number of carbonyl (C=O) groups excluding carboxylic acids is 2. The summed E-state index contributed by atoms with van der Waals surface area (Å²) in [6.45, 7) is 4.06. The Morgan fingerprint density at radius 1 is 0.927 bits per heavy atom. The molecule has 0 saturated heterocycles. The topological polar surface area (TPSA) is 96.0 Å². The lowest BCUT2D eigenvalue weighted by atomic mass is 10.0. The molecule has 3 rings (SSSR count). The van der Waals surface area contributed by atoms with Gasteiger partial charge in [-0.1, -0.05) is 54.1 Å². The summed E-state index contributed by atoms with van der Waals surface area (Å²) in [4.78, 5) is 28.9. The van der Waals surface area contributed by atoms with Crippen molar-refractivity contribution in [1.29, 1.82) is 0 Å². The molecule has 2 amide bonds. The van der Waals surface area contributed by atoms with E-state index in [4.69, 9.17) is 16.3 Å². The average molecular weight is 600 g/mol. The van der Waals surface area contributed by atoms with E-state index in [2.05, 4.69) is 5.32 Å². The van der Waals surface area contributed by atoms with Crippen LogP contribution in [0.4, 0.5) is 5.69 Å². The molecule has 1 atom stereocenters. The van der Waals surface area contributed by atoms with Crippen molar-refractivity contribution in [3.05, 3.63) is 95.0 Å². The highest BCUT2D eigenvalue weighted by Crippen LogP contribution is 2.23. The van der Waals surface area contributed by atoms with Gasteiger partial charge in [0.05, 0.1) is 19.1 Å². The van der Waals surface area contributed by atoms with Crippen molar-refractivity contribution in [2.24, 2.45) is 0 Å². The monoisotopic (exact) mass is 599 g/mol. The van der Waals surface area contributed by atoms with Crippen LogP contribution in [0.2, 0.25) is 5.02 Å². The minimum atomic E-state index is -3.60. The van der Waals surface area contributed by atoms with Crippen LogP contribution < -0.4 is 14.4 Å². The normalized spacial score (nSPS) is 12.0. The average Bonchev–Trinajstić information content (AvgIpc) is 2.93. The van der Waals surface area contributed by atoms with Crippen molar-refractivity contribution in [3.63, 3.8) is 0 Å². The molecule has 0 aliphatic carbocycles. The number of sulfonamides is 1. The van der Waals surface area contributed by atoms with Gasteiger partial charge in [0.15, 0.2) is 0 Å². The van der Waals surface area contributed by atoms with Crippen molar-refractivity contribution in [1.82, 2.24) is 10.2 Å². The second-order valence-corrected chi connectivity index (χ2v) is 12.5. The van der Waals surface area contributed by atoms with Crippen LogP contribution in [0.15, 0.2) is 78.9 Å². The van der Waals surface area contributed by atoms with Gasteiger partial charge in [0.2, 0.25) is 21.8 Å². The number of ether oxygens (including phenoxy) is 1. The number of nitrogens with zero attached hydrogens (tertiary/aromatic N) is 2. The number of amides is 2. The number of anilines is 1. The molecule has 0 unspecified atom stereocenters.